The number of ketones is 1. The number of nitrogens with one attached hydrogen (secondary N) is 1. The minimum Gasteiger partial charge on any atom is -0.362 e. The largest absolute Gasteiger partial charge is 0.362 e. The predicted molar refractivity (Wildman–Crippen MR) is 99.7 cm³/mol. The standard InChI is InChI=1S/C21H24N2O2/c1-16(24)19(14-17-8-3-2-4-9-17)22-21(25)15-23-13-7-11-18-10-5-6-12-20(18)23/h2-6,8-10,12,19H,7,11,13-15H2,1H3,(H,22,25)/t19-/m1/s1. The molecule has 1 aliphatic heterocycles. The summed E-state index contributed by atoms with van der Waals surface area (Å²) >= 11 is 0. The fourth-order valence-corrected chi connectivity index (χ4v) is 3.34. The summed E-state index contributed by atoms with van der Waals surface area (Å²) in [6, 6.07) is 17.5. The topological polar surface area (TPSA) is 49.4 Å². The van der Waals surface area contributed by atoms with Crippen LogP contribution in [-0.4, -0.2) is 30.8 Å². The molecule has 1 amide bonds. The van der Waals surface area contributed by atoms with E-state index >= 15 is 0 Å². The van der Waals surface area contributed by atoms with Gasteiger partial charge in [0.05, 0.1) is 12.6 Å². The van der Waals surface area contributed by atoms with Crippen molar-refractivity contribution in [1.29, 1.82) is 0 Å². The quantitative estimate of drug-likeness (QED) is 0.882. The number of carbonyl (C=O) groups excluding carboxylic acids is 2. The maximum atomic E-state index is 12.5. The van der Waals surface area contributed by atoms with Gasteiger partial charge >= 0.3 is 0 Å². The van der Waals surface area contributed by atoms with Crippen molar-refractivity contribution in [3.63, 3.8) is 0 Å². The highest BCUT2D eigenvalue weighted by Gasteiger charge is 2.22. The van der Waals surface area contributed by atoms with Crippen LogP contribution >= 0.6 is 0 Å². The summed E-state index contributed by atoms with van der Waals surface area (Å²) in [5, 5.41) is 2.91. The summed E-state index contributed by atoms with van der Waals surface area (Å²) in [5.41, 5.74) is 3.46. The Morgan fingerprint density at radius 1 is 1.08 bits per heavy atom. The molecule has 4 nitrogen and oxygen atoms in total. The number of anilines is 1. The van der Waals surface area contributed by atoms with E-state index in [1.807, 2.05) is 42.5 Å². The number of benzene rings is 2. The number of hydrogen-bond donors (Lipinski definition) is 1. The molecule has 0 radical (unpaired) electrons. The van der Waals surface area contributed by atoms with Crippen molar-refractivity contribution in [2.24, 2.45) is 0 Å². The number of nitrogens with zero attached hydrogens (tertiary/aromatic N) is 1. The van der Waals surface area contributed by atoms with Crippen molar-refractivity contribution in [2.75, 3.05) is 18.0 Å². The second kappa shape index (κ2) is 7.97. The van der Waals surface area contributed by atoms with Crippen molar-refractivity contribution in [3.05, 3.63) is 65.7 Å². The molecule has 1 N–H and O–H groups in total. The number of Topliss-reactive ketones (excluding diaryl/α,β-unsaturated/α-hetero) is 1. The zero-order valence-electron chi connectivity index (χ0n) is 14.6. The first-order valence-electron chi connectivity index (χ1n) is 8.80. The first-order chi connectivity index (χ1) is 12.1. The van der Waals surface area contributed by atoms with Gasteiger partial charge in [0.1, 0.15) is 0 Å². The molecule has 0 spiro atoms. The Labute approximate surface area is 148 Å². The lowest BCUT2D eigenvalue weighted by atomic mass is 10.0. The molecule has 0 saturated carbocycles. The van der Waals surface area contributed by atoms with Crippen LogP contribution in [0.25, 0.3) is 0 Å². The molecule has 130 valence electrons. The third-order valence-corrected chi connectivity index (χ3v) is 4.65. The maximum absolute atomic E-state index is 12.5. The van der Waals surface area contributed by atoms with E-state index in [2.05, 4.69) is 22.3 Å². The third kappa shape index (κ3) is 4.47. The van der Waals surface area contributed by atoms with Gasteiger partial charge in [0.15, 0.2) is 5.78 Å². The van der Waals surface area contributed by atoms with Crippen LogP contribution in [0, 0.1) is 0 Å². The van der Waals surface area contributed by atoms with Gasteiger partial charge in [-0.1, -0.05) is 48.5 Å². The average Bonchev–Trinajstić information content (AvgIpc) is 2.62. The van der Waals surface area contributed by atoms with Crippen LogP contribution in [0.4, 0.5) is 5.69 Å². The summed E-state index contributed by atoms with van der Waals surface area (Å²) in [5.74, 6) is -0.121. The van der Waals surface area contributed by atoms with Gasteiger partial charge in [0.2, 0.25) is 5.91 Å². The first kappa shape index (κ1) is 17.2. The highest BCUT2D eigenvalue weighted by molar-refractivity contribution is 5.89. The molecule has 2 aromatic rings. The Morgan fingerprint density at radius 2 is 1.80 bits per heavy atom. The Balaban J connectivity index is 1.64. The maximum Gasteiger partial charge on any atom is 0.240 e. The summed E-state index contributed by atoms with van der Waals surface area (Å²) in [4.78, 5) is 26.6. The monoisotopic (exact) mass is 336 g/mol. The normalized spacial score (nSPS) is 14.5. The van der Waals surface area contributed by atoms with Crippen molar-refractivity contribution in [3.8, 4) is 0 Å². The molecule has 3 rings (SSSR count). The number of hydrogen-bond acceptors (Lipinski definition) is 3. The van der Waals surface area contributed by atoms with Crippen LogP contribution in [0.15, 0.2) is 54.6 Å². The van der Waals surface area contributed by atoms with E-state index in [0.717, 1.165) is 30.6 Å². The van der Waals surface area contributed by atoms with Crippen LogP contribution in [0.5, 0.6) is 0 Å². The fourth-order valence-electron chi connectivity index (χ4n) is 3.34. The van der Waals surface area contributed by atoms with Gasteiger partial charge in [0, 0.05) is 12.2 Å². The van der Waals surface area contributed by atoms with Crippen LogP contribution in [-0.2, 0) is 22.4 Å². The number of rotatable bonds is 6. The predicted octanol–water partition coefficient (Wildman–Crippen LogP) is 2.76. The zero-order chi connectivity index (χ0) is 17.6. The van der Waals surface area contributed by atoms with E-state index in [0.29, 0.717) is 6.42 Å². The second-order valence-electron chi connectivity index (χ2n) is 6.57. The third-order valence-electron chi connectivity index (χ3n) is 4.65. The molecule has 1 atom stereocenters. The van der Waals surface area contributed by atoms with Gasteiger partial charge in [-0.2, -0.15) is 0 Å². The molecule has 4 heteroatoms. The lowest BCUT2D eigenvalue weighted by molar-refractivity contribution is -0.126. The molecule has 0 saturated heterocycles. The van der Waals surface area contributed by atoms with Crippen molar-refractivity contribution in [2.45, 2.75) is 32.2 Å². The Morgan fingerprint density at radius 3 is 2.56 bits per heavy atom. The number of aryl methyl sites for hydroxylation is 1. The van der Waals surface area contributed by atoms with E-state index < -0.39 is 6.04 Å². The van der Waals surface area contributed by atoms with Gasteiger partial charge in [0.25, 0.3) is 0 Å². The molecule has 25 heavy (non-hydrogen) atoms. The van der Waals surface area contributed by atoms with E-state index in [1.165, 1.54) is 12.5 Å². The second-order valence-corrected chi connectivity index (χ2v) is 6.57. The number of amides is 1. The Bertz CT molecular complexity index is 743. The highest BCUT2D eigenvalue weighted by atomic mass is 16.2. The molecule has 0 bridgehead atoms. The van der Waals surface area contributed by atoms with Crippen LogP contribution in [0.3, 0.4) is 0 Å². The van der Waals surface area contributed by atoms with E-state index in [9.17, 15) is 9.59 Å². The Hall–Kier alpha value is -2.62. The fraction of sp³-hybridized carbons (Fsp3) is 0.333. The van der Waals surface area contributed by atoms with Crippen LogP contribution in [0.1, 0.15) is 24.5 Å². The molecule has 0 aromatic heterocycles. The summed E-state index contributed by atoms with van der Waals surface area (Å²) in [7, 11) is 0. The van der Waals surface area contributed by atoms with Gasteiger partial charge in [-0.15, -0.1) is 0 Å². The van der Waals surface area contributed by atoms with Gasteiger partial charge < -0.3 is 10.2 Å². The first-order valence-corrected chi connectivity index (χ1v) is 8.80. The molecular formula is C21H24N2O2. The minimum absolute atomic E-state index is 0.0174. The average molecular weight is 336 g/mol. The minimum atomic E-state index is -0.477. The molecule has 1 heterocycles. The molecule has 2 aromatic carbocycles. The van der Waals surface area contributed by atoms with Crippen molar-refractivity contribution in [1.82, 2.24) is 5.32 Å². The lowest BCUT2D eigenvalue weighted by Crippen LogP contribution is -2.47. The zero-order valence-corrected chi connectivity index (χ0v) is 14.6. The number of para-hydroxylation sites is 1. The molecule has 1 aliphatic rings. The van der Waals surface area contributed by atoms with Crippen LogP contribution < -0.4 is 10.2 Å². The summed E-state index contributed by atoms with van der Waals surface area (Å²) in [6.45, 7) is 2.69. The SMILES string of the molecule is CC(=O)[C@@H](Cc1ccccc1)NC(=O)CN1CCCc2ccccc21. The van der Waals surface area contributed by atoms with Crippen molar-refractivity contribution < 1.29 is 9.59 Å². The summed E-state index contributed by atoms with van der Waals surface area (Å²) in [6.07, 6.45) is 2.63. The number of fused-ring (bicyclic) bond motifs is 1. The van der Waals surface area contributed by atoms with Gasteiger partial charge in [-0.05, 0) is 43.4 Å². The van der Waals surface area contributed by atoms with Crippen LogP contribution in [0.2, 0.25) is 0 Å². The molecule has 0 fully saturated rings. The van der Waals surface area contributed by atoms with Gasteiger partial charge in [-0.3, -0.25) is 9.59 Å². The van der Waals surface area contributed by atoms with E-state index in [1.54, 1.807) is 0 Å². The van der Waals surface area contributed by atoms with Crippen molar-refractivity contribution >= 4 is 17.4 Å². The molecular weight excluding hydrogens is 312 g/mol. The summed E-state index contributed by atoms with van der Waals surface area (Å²) < 4.78 is 0. The van der Waals surface area contributed by atoms with Gasteiger partial charge in [-0.25, -0.2) is 0 Å². The smallest absolute Gasteiger partial charge is 0.240 e. The van der Waals surface area contributed by atoms with E-state index in [-0.39, 0.29) is 18.2 Å². The molecule has 0 unspecified atom stereocenters. The number of carbonyl (C=O) groups is 2. The Kier molecular flexibility index (Phi) is 5.49. The highest BCUT2D eigenvalue weighted by Crippen LogP contribution is 2.26. The van der Waals surface area contributed by atoms with E-state index in [4.69, 9.17) is 0 Å². The molecule has 0 aliphatic carbocycles. The lowest BCUT2D eigenvalue weighted by Gasteiger charge is -2.31.